The Bertz CT molecular complexity index is 1660. The smallest absolute Gasteiger partial charge is 0.410 e. The number of rotatable bonds is 8. The minimum absolute atomic E-state index is 0.0733. The average molecular weight is 622 g/mol. The molecule has 1 heterocycles. The Morgan fingerprint density at radius 2 is 1.73 bits per heavy atom. The molecule has 2 atom stereocenters. The van der Waals surface area contributed by atoms with Crippen molar-refractivity contribution in [2.45, 2.75) is 32.0 Å². The molecule has 1 aliphatic carbocycles. The Labute approximate surface area is 259 Å². The number of aryl methyl sites for hydroxylation is 1. The minimum Gasteiger partial charge on any atom is -0.496 e. The summed E-state index contributed by atoms with van der Waals surface area (Å²) in [5, 5.41) is 0. The van der Waals surface area contributed by atoms with Crippen molar-refractivity contribution in [2.24, 2.45) is 5.92 Å². The van der Waals surface area contributed by atoms with Crippen LogP contribution in [-0.4, -0.2) is 57.6 Å². The van der Waals surface area contributed by atoms with E-state index in [0.717, 1.165) is 22.3 Å². The number of nitrogens with zero attached hydrogens (tertiary/aromatic N) is 1. The second-order valence-corrected chi connectivity index (χ2v) is 11.0. The van der Waals surface area contributed by atoms with Gasteiger partial charge in [0.1, 0.15) is 17.6 Å². The second-order valence-electron chi connectivity index (χ2n) is 11.0. The summed E-state index contributed by atoms with van der Waals surface area (Å²) in [5.41, 5.74) is 5.09. The Balaban J connectivity index is 1.47. The zero-order valence-corrected chi connectivity index (χ0v) is 25.4. The first-order valence-electron chi connectivity index (χ1n) is 14.5. The molecule has 0 bridgehead atoms. The van der Waals surface area contributed by atoms with Gasteiger partial charge in [0.25, 0.3) is 0 Å². The van der Waals surface area contributed by atoms with Crippen molar-refractivity contribution in [1.82, 2.24) is 4.90 Å². The first-order chi connectivity index (χ1) is 21.5. The van der Waals surface area contributed by atoms with Gasteiger partial charge in [-0.3, -0.25) is 0 Å². The van der Waals surface area contributed by atoms with Crippen LogP contribution in [0.4, 0.5) is 18.0 Å². The summed E-state index contributed by atoms with van der Waals surface area (Å²) in [6.45, 7) is 2.08. The van der Waals surface area contributed by atoms with E-state index in [1.54, 1.807) is 36.4 Å². The molecule has 0 spiro atoms. The van der Waals surface area contributed by atoms with Crippen molar-refractivity contribution in [2.75, 3.05) is 34.4 Å². The van der Waals surface area contributed by atoms with Gasteiger partial charge in [0.05, 0.1) is 32.8 Å². The maximum Gasteiger partial charge on any atom is 0.410 e. The molecule has 5 rings (SSSR count). The molecule has 3 aromatic rings. The summed E-state index contributed by atoms with van der Waals surface area (Å²) in [5.74, 6) is -1.07. The largest absolute Gasteiger partial charge is 0.496 e. The second kappa shape index (κ2) is 13.1. The molecular weight excluding hydrogens is 587 g/mol. The van der Waals surface area contributed by atoms with Crippen molar-refractivity contribution in [3.63, 3.8) is 0 Å². The molecule has 236 valence electrons. The normalized spacial score (nSPS) is 18.5. The fraction of sp³-hybridized carbons (Fsp3) is 0.314. The molecule has 7 nitrogen and oxygen atoms in total. The van der Waals surface area contributed by atoms with Crippen molar-refractivity contribution >= 4 is 17.6 Å². The van der Waals surface area contributed by atoms with Crippen LogP contribution in [0.3, 0.4) is 0 Å². The van der Waals surface area contributed by atoms with Crippen LogP contribution in [0, 0.1) is 12.8 Å². The molecule has 0 saturated carbocycles. The molecule has 1 saturated heterocycles. The molecule has 1 fully saturated rings. The van der Waals surface area contributed by atoms with E-state index in [-0.39, 0.29) is 19.5 Å². The van der Waals surface area contributed by atoms with E-state index >= 15 is 0 Å². The Kier molecular flexibility index (Phi) is 9.22. The fourth-order valence-corrected chi connectivity index (χ4v) is 5.86. The number of hydrogen-bond donors (Lipinski definition) is 0. The lowest BCUT2D eigenvalue weighted by atomic mass is 9.84. The maximum atomic E-state index is 14.0. The van der Waals surface area contributed by atoms with E-state index in [2.05, 4.69) is 0 Å². The van der Waals surface area contributed by atoms with Crippen LogP contribution in [0.5, 0.6) is 11.5 Å². The molecule has 0 radical (unpaired) electrons. The molecule has 2 aliphatic rings. The highest BCUT2D eigenvalue weighted by Gasteiger charge is 2.40. The average Bonchev–Trinajstić information content (AvgIpc) is 3.04. The molecule has 45 heavy (non-hydrogen) atoms. The van der Waals surface area contributed by atoms with Crippen LogP contribution in [0.15, 0.2) is 78.4 Å². The van der Waals surface area contributed by atoms with Crippen LogP contribution in [0.1, 0.15) is 46.0 Å². The highest BCUT2D eigenvalue weighted by Crippen LogP contribution is 2.43. The predicted molar refractivity (Wildman–Crippen MR) is 163 cm³/mol. The van der Waals surface area contributed by atoms with E-state index in [1.807, 2.05) is 37.3 Å². The molecule has 1 aliphatic heterocycles. The topological polar surface area (TPSA) is 74.3 Å². The van der Waals surface area contributed by atoms with Crippen molar-refractivity contribution in [3.8, 4) is 22.6 Å². The van der Waals surface area contributed by atoms with Gasteiger partial charge in [0, 0.05) is 30.6 Å². The summed E-state index contributed by atoms with van der Waals surface area (Å²) in [6, 6.07) is 17.9. The third kappa shape index (κ3) is 6.69. The fourth-order valence-electron chi connectivity index (χ4n) is 5.86. The Hall–Kier alpha value is -4.73. The number of ether oxygens (including phenoxy) is 4. The molecule has 10 heteroatoms. The predicted octanol–water partition coefficient (Wildman–Crippen LogP) is 7.94. The van der Waals surface area contributed by atoms with Gasteiger partial charge in [-0.1, -0.05) is 42.5 Å². The van der Waals surface area contributed by atoms with Crippen LogP contribution >= 0.6 is 0 Å². The van der Waals surface area contributed by atoms with Gasteiger partial charge in [-0.25, -0.2) is 9.59 Å². The molecule has 3 aromatic carbocycles. The summed E-state index contributed by atoms with van der Waals surface area (Å²) in [4.78, 5) is 26.7. The number of benzene rings is 3. The first-order valence-corrected chi connectivity index (χ1v) is 14.5. The number of carbonyl (C=O) groups is 2. The minimum atomic E-state index is -4.45. The third-order valence-electron chi connectivity index (χ3n) is 8.20. The van der Waals surface area contributed by atoms with Crippen molar-refractivity contribution in [3.05, 3.63) is 101 Å². The van der Waals surface area contributed by atoms with E-state index in [0.29, 0.717) is 40.2 Å². The summed E-state index contributed by atoms with van der Waals surface area (Å²) >= 11 is 0. The van der Waals surface area contributed by atoms with Gasteiger partial charge in [-0.05, 0) is 71.5 Å². The highest BCUT2D eigenvalue weighted by molar-refractivity contribution is 5.91. The lowest BCUT2D eigenvalue weighted by molar-refractivity contribution is -0.160. The van der Waals surface area contributed by atoms with Gasteiger partial charge in [0.15, 0.2) is 0 Å². The number of methoxy groups -OCH3 is 3. The number of alkyl halides is 3. The van der Waals surface area contributed by atoms with E-state index in [1.165, 1.54) is 32.3 Å². The van der Waals surface area contributed by atoms with Gasteiger partial charge >= 0.3 is 18.2 Å². The summed E-state index contributed by atoms with van der Waals surface area (Å²) < 4.78 is 63.5. The van der Waals surface area contributed by atoms with Crippen LogP contribution < -0.4 is 9.47 Å². The molecule has 1 unspecified atom stereocenters. The van der Waals surface area contributed by atoms with Crippen LogP contribution in [0.25, 0.3) is 16.7 Å². The molecule has 1 amide bonds. The first kappa shape index (κ1) is 31.7. The van der Waals surface area contributed by atoms with Gasteiger partial charge in [-0.15, -0.1) is 0 Å². The quantitative estimate of drug-likeness (QED) is 0.238. The number of carbonyl (C=O) groups excluding carboxylic acids is 2. The number of hydrogen-bond acceptors (Lipinski definition) is 6. The van der Waals surface area contributed by atoms with E-state index in [4.69, 9.17) is 18.9 Å². The number of cyclic esters (lactones) is 1. The third-order valence-corrected chi connectivity index (χ3v) is 8.20. The van der Waals surface area contributed by atoms with E-state index < -0.39 is 30.3 Å². The summed E-state index contributed by atoms with van der Waals surface area (Å²) in [7, 11) is 4.36. The van der Waals surface area contributed by atoms with Crippen LogP contribution in [0.2, 0.25) is 0 Å². The van der Waals surface area contributed by atoms with Gasteiger partial charge < -0.3 is 23.8 Å². The highest BCUT2D eigenvalue weighted by atomic mass is 19.4. The number of allylic oxidation sites excluding steroid dienone is 2. The number of esters is 1. The molecule has 0 aromatic heterocycles. The van der Waals surface area contributed by atoms with Crippen LogP contribution in [-0.2, 0) is 9.47 Å². The lowest BCUT2D eigenvalue weighted by Crippen LogP contribution is -2.40. The summed E-state index contributed by atoms with van der Waals surface area (Å²) in [6.07, 6.45) is -2.63. The molecular formula is C35H34F3NO6. The van der Waals surface area contributed by atoms with Crippen molar-refractivity contribution in [1.29, 1.82) is 0 Å². The van der Waals surface area contributed by atoms with Gasteiger partial charge in [0.2, 0.25) is 0 Å². The lowest BCUT2D eigenvalue weighted by Gasteiger charge is -2.34. The Morgan fingerprint density at radius 3 is 2.40 bits per heavy atom. The molecule has 0 N–H and O–H groups in total. The SMILES string of the molecule is COC(=O)c1ccc(-c2ccc(OC)c(C3=CCC(C(F)(F)F)C=C3CN3CC[C@@H](c4ccccc4OC)OC3=O)c2)c(C)c1. The number of amides is 1. The monoisotopic (exact) mass is 621 g/mol. The Morgan fingerprint density at radius 1 is 0.978 bits per heavy atom. The van der Waals surface area contributed by atoms with Crippen molar-refractivity contribution < 1.29 is 41.7 Å². The number of para-hydroxylation sites is 1. The maximum absolute atomic E-state index is 14.0. The number of halogens is 3. The zero-order chi connectivity index (χ0) is 32.3. The zero-order valence-electron chi connectivity index (χ0n) is 25.4. The van der Waals surface area contributed by atoms with Gasteiger partial charge in [-0.2, -0.15) is 13.2 Å². The standard InChI is InChI=1S/C35H34F3NO6/c1-21-17-23(33(40)44-4)9-12-26(21)22-10-14-31(43-3)29(19-22)27-13-11-25(35(36,37)38)18-24(27)20-39-16-15-32(45-34(39)41)28-7-5-6-8-30(28)42-2/h5-10,12-14,17-19,25,32H,11,15-16,20H2,1-4H3/t25?,32-/m0/s1. The van der Waals surface area contributed by atoms with E-state index in [9.17, 15) is 22.8 Å².